The first-order chi connectivity index (χ1) is 5.38. The van der Waals surface area contributed by atoms with Gasteiger partial charge in [0.05, 0.1) is 6.61 Å². The van der Waals surface area contributed by atoms with Gasteiger partial charge < -0.3 is 9.84 Å². The fraction of sp³-hybridized carbons (Fsp3) is 1.00. The molecule has 1 unspecified atom stereocenters. The van der Waals surface area contributed by atoms with Gasteiger partial charge in [0.25, 0.3) is 0 Å². The van der Waals surface area contributed by atoms with Crippen molar-refractivity contribution in [3.05, 3.63) is 0 Å². The minimum Gasteiger partial charge on any atom is -0.368 e. The summed E-state index contributed by atoms with van der Waals surface area (Å²) < 4.78 is 5.21. The zero-order valence-electron chi connectivity index (χ0n) is 6.83. The summed E-state index contributed by atoms with van der Waals surface area (Å²) in [7, 11) is 0. The average Bonchev–Trinajstić information content (AvgIpc) is 2.25. The second-order valence-corrected chi connectivity index (χ2v) is 3.79. The molecule has 2 aliphatic rings. The molecule has 3 atom stereocenters. The lowest BCUT2D eigenvalue weighted by Gasteiger charge is -2.15. The van der Waals surface area contributed by atoms with Crippen LogP contribution in [0.25, 0.3) is 0 Å². The summed E-state index contributed by atoms with van der Waals surface area (Å²) >= 11 is 0. The number of hydrogen-bond acceptors (Lipinski definition) is 2. The highest BCUT2D eigenvalue weighted by molar-refractivity contribution is 4.80. The van der Waals surface area contributed by atoms with E-state index >= 15 is 0 Å². The van der Waals surface area contributed by atoms with E-state index in [1.54, 1.807) is 0 Å². The Bertz CT molecular complexity index is 136. The predicted octanol–water partition coefficient (Wildman–Crippen LogP) is 1.53. The van der Waals surface area contributed by atoms with Crippen molar-refractivity contribution >= 4 is 0 Å². The zero-order valence-corrected chi connectivity index (χ0v) is 6.83. The second-order valence-electron chi connectivity index (χ2n) is 3.79. The van der Waals surface area contributed by atoms with Gasteiger partial charge in [-0.1, -0.05) is 19.3 Å². The summed E-state index contributed by atoms with van der Waals surface area (Å²) in [6, 6.07) is 0. The number of hydrogen-bond donors (Lipinski definition) is 1. The van der Waals surface area contributed by atoms with Gasteiger partial charge in [-0.15, -0.1) is 0 Å². The topological polar surface area (TPSA) is 29.5 Å². The Kier molecular flexibility index (Phi) is 2.14. The number of rotatable bonds is 0. The molecule has 0 aromatic heterocycles. The Labute approximate surface area is 67.6 Å². The quantitative estimate of drug-likeness (QED) is 0.576. The molecular weight excluding hydrogens is 140 g/mol. The van der Waals surface area contributed by atoms with Crippen LogP contribution >= 0.6 is 0 Å². The molecule has 0 bridgehead atoms. The highest BCUT2D eigenvalue weighted by Crippen LogP contribution is 2.36. The smallest absolute Gasteiger partial charge is 0.157 e. The molecule has 64 valence electrons. The number of aliphatic hydroxyl groups excluding tert-OH is 1. The third-order valence-corrected chi connectivity index (χ3v) is 3.07. The molecule has 1 aliphatic carbocycles. The summed E-state index contributed by atoms with van der Waals surface area (Å²) in [6.45, 7) is 0.797. The van der Waals surface area contributed by atoms with E-state index < -0.39 is 6.29 Å². The molecule has 2 rings (SSSR count). The minimum atomic E-state index is -0.446. The Morgan fingerprint density at radius 2 is 1.91 bits per heavy atom. The molecule has 0 amide bonds. The van der Waals surface area contributed by atoms with Crippen LogP contribution in [0.15, 0.2) is 0 Å². The lowest BCUT2D eigenvalue weighted by atomic mass is 9.90. The summed E-state index contributed by atoms with van der Waals surface area (Å²) in [6.07, 6.45) is 5.95. The normalized spacial score (nSPS) is 45.0. The lowest BCUT2D eigenvalue weighted by Crippen LogP contribution is -2.18. The SMILES string of the molecule is OC1OC[C@H]2CCCCC[C@@H]12. The maximum atomic E-state index is 9.43. The van der Waals surface area contributed by atoms with E-state index in [9.17, 15) is 5.11 Å². The van der Waals surface area contributed by atoms with Crippen LogP contribution in [0.1, 0.15) is 32.1 Å². The summed E-state index contributed by atoms with van der Waals surface area (Å²) in [5.41, 5.74) is 0. The maximum absolute atomic E-state index is 9.43. The first-order valence-corrected chi connectivity index (χ1v) is 4.67. The summed E-state index contributed by atoms with van der Waals surface area (Å²) in [5.74, 6) is 1.12. The van der Waals surface area contributed by atoms with Crippen molar-refractivity contribution in [1.82, 2.24) is 0 Å². The van der Waals surface area contributed by atoms with Gasteiger partial charge in [-0.05, 0) is 18.8 Å². The van der Waals surface area contributed by atoms with Gasteiger partial charge in [0.2, 0.25) is 0 Å². The fourth-order valence-corrected chi connectivity index (χ4v) is 2.34. The predicted molar refractivity (Wildman–Crippen MR) is 42.0 cm³/mol. The third kappa shape index (κ3) is 1.42. The Morgan fingerprint density at radius 1 is 1.09 bits per heavy atom. The Morgan fingerprint density at radius 3 is 2.82 bits per heavy atom. The van der Waals surface area contributed by atoms with Crippen molar-refractivity contribution in [2.75, 3.05) is 6.61 Å². The molecule has 1 aliphatic heterocycles. The molecule has 2 fully saturated rings. The van der Waals surface area contributed by atoms with E-state index in [0.717, 1.165) is 6.61 Å². The van der Waals surface area contributed by atoms with E-state index in [0.29, 0.717) is 11.8 Å². The van der Waals surface area contributed by atoms with Gasteiger partial charge in [0, 0.05) is 5.92 Å². The van der Waals surface area contributed by atoms with Crippen molar-refractivity contribution in [2.24, 2.45) is 11.8 Å². The van der Waals surface area contributed by atoms with Gasteiger partial charge in [-0.2, -0.15) is 0 Å². The van der Waals surface area contributed by atoms with Crippen molar-refractivity contribution in [3.63, 3.8) is 0 Å². The Hall–Kier alpha value is -0.0800. The highest BCUT2D eigenvalue weighted by atomic mass is 16.6. The Balaban J connectivity index is 2.00. The highest BCUT2D eigenvalue weighted by Gasteiger charge is 2.36. The van der Waals surface area contributed by atoms with Gasteiger partial charge in [0.15, 0.2) is 6.29 Å². The number of aliphatic hydroxyl groups is 1. The van der Waals surface area contributed by atoms with Crippen LogP contribution < -0.4 is 0 Å². The largest absolute Gasteiger partial charge is 0.368 e. The fourth-order valence-electron chi connectivity index (χ4n) is 2.34. The summed E-state index contributed by atoms with van der Waals surface area (Å²) in [4.78, 5) is 0. The van der Waals surface area contributed by atoms with Gasteiger partial charge in [0.1, 0.15) is 0 Å². The molecule has 0 spiro atoms. The standard InChI is InChI=1S/C9H16O2/c10-9-8-5-3-1-2-4-7(8)6-11-9/h7-10H,1-6H2/t7-,8-,9?/m1/s1. The minimum absolute atomic E-state index is 0.446. The third-order valence-electron chi connectivity index (χ3n) is 3.07. The van der Waals surface area contributed by atoms with Crippen molar-refractivity contribution in [2.45, 2.75) is 38.4 Å². The molecule has 0 aromatic carbocycles. The maximum Gasteiger partial charge on any atom is 0.157 e. The van der Waals surface area contributed by atoms with Crippen molar-refractivity contribution < 1.29 is 9.84 Å². The van der Waals surface area contributed by atoms with E-state index in [4.69, 9.17) is 4.74 Å². The van der Waals surface area contributed by atoms with Gasteiger partial charge in [-0.25, -0.2) is 0 Å². The monoisotopic (exact) mass is 156 g/mol. The molecule has 1 N–H and O–H groups in total. The molecule has 1 saturated heterocycles. The molecule has 0 radical (unpaired) electrons. The molecule has 2 heteroatoms. The molecule has 2 nitrogen and oxygen atoms in total. The first kappa shape index (κ1) is 7.56. The number of ether oxygens (including phenoxy) is 1. The van der Waals surface area contributed by atoms with Crippen molar-refractivity contribution in [3.8, 4) is 0 Å². The van der Waals surface area contributed by atoms with Crippen LogP contribution in [0.4, 0.5) is 0 Å². The second kappa shape index (κ2) is 3.11. The van der Waals surface area contributed by atoms with Crippen LogP contribution in [0.2, 0.25) is 0 Å². The lowest BCUT2D eigenvalue weighted by molar-refractivity contribution is -0.0836. The molecule has 11 heavy (non-hydrogen) atoms. The van der Waals surface area contributed by atoms with E-state index in [1.807, 2.05) is 0 Å². The van der Waals surface area contributed by atoms with Gasteiger partial charge in [-0.3, -0.25) is 0 Å². The average molecular weight is 156 g/mol. The van der Waals surface area contributed by atoms with Crippen LogP contribution in [0.5, 0.6) is 0 Å². The first-order valence-electron chi connectivity index (χ1n) is 4.67. The molecular formula is C9H16O2. The molecule has 1 saturated carbocycles. The van der Waals surface area contributed by atoms with Crippen LogP contribution in [0, 0.1) is 11.8 Å². The van der Waals surface area contributed by atoms with Crippen LogP contribution in [0.3, 0.4) is 0 Å². The molecule has 0 aromatic rings. The van der Waals surface area contributed by atoms with E-state index in [2.05, 4.69) is 0 Å². The molecule has 1 heterocycles. The van der Waals surface area contributed by atoms with Crippen molar-refractivity contribution in [1.29, 1.82) is 0 Å². The number of fused-ring (bicyclic) bond motifs is 1. The van der Waals surface area contributed by atoms with Crippen LogP contribution in [-0.4, -0.2) is 18.0 Å². The van der Waals surface area contributed by atoms with E-state index in [-0.39, 0.29) is 0 Å². The van der Waals surface area contributed by atoms with E-state index in [1.165, 1.54) is 32.1 Å². The summed E-state index contributed by atoms with van der Waals surface area (Å²) in [5, 5.41) is 9.43. The van der Waals surface area contributed by atoms with Gasteiger partial charge >= 0.3 is 0 Å². The van der Waals surface area contributed by atoms with Crippen LogP contribution in [-0.2, 0) is 4.74 Å². The zero-order chi connectivity index (χ0) is 7.68.